The maximum atomic E-state index is 14.6. The van der Waals surface area contributed by atoms with E-state index >= 15 is 0 Å². The normalized spacial score (nSPS) is 14.0. The van der Waals surface area contributed by atoms with Crippen LogP contribution >= 0.6 is 34.7 Å². The highest BCUT2D eigenvalue weighted by molar-refractivity contribution is 7.99. The van der Waals surface area contributed by atoms with Crippen molar-refractivity contribution in [1.29, 1.82) is 0 Å². The second kappa shape index (κ2) is 15.8. The van der Waals surface area contributed by atoms with E-state index in [2.05, 4.69) is 15.5 Å². The molecule has 278 valence electrons. The van der Waals surface area contributed by atoms with Crippen molar-refractivity contribution in [2.75, 3.05) is 19.5 Å². The van der Waals surface area contributed by atoms with Gasteiger partial charge < -0.3 is 19.4 Å². The number of amides is 1. The average molecular weight is 794 g/mol. The van der Waals surface area contributed by atoms with Gasteiger partial charge >= 0.3 is 0 Å². The first-order chi connectivity index (χ1) is 26.6. The summed E-state index contributed by atoms with van der Waals surface area (Å²) in [6, 6.07) is 25.0. The molecule has 0 bridgehead atoms. The fourth-order valence-corrected chi connectivity index (χ4v) is 8.46. The number of ether oxygens (including phenoxy) is 2. The molecule has 1 aliphatic rings. The first-order valence-corrected chi connectivity index (χ1v) is 18.9. The summed E-state index contributed by atoms with van der Waals surface area (Å²) >= 11 is 8.63. The molecule has 6 aromatic rings. The third-order valence-electron chi connectivity index (χ3n) is 8.84. The molecule has 0 unspecified atom stereocenters. The van der Waals surface area contributed by atoms with Crippen molar-refractivity contribution in [3.05, 3.63) is 148 Å². The second-order valence-electron chi connectivity index (χ2n) is 12.2. The Morgan fingerprint density at radius 2 is 1.84 bits per heavy atom. The predicted octanol–water partition coefficient (Wildman–Crippen LogP) is 6.88. The van der Waals surface area contributed by atoms with E-state index in [4.69, 9.17) is 26.1 Å². The average Bonchev–Trinajstić information content (AvgIpc) is 3.73. The minimum atomic E-state index is -0.949. The Balaban J connectivity index is 1.37. The Morgan fingerprint density at radius 1 is 1.04 bits per heavy atom. The van der Waals surface area contributed by atoms with Gasteiger partial charge in [-0.1, -0.05) is 53.3 Å². The molecule has 0 spiro atoms. The van der Waals surface area contributed by atoms with Crippen LogP contribution in [-0.2, 0) is 11.3 Å². The summed E-state index contributed by atoms with van der Waals surface area (Å²) in [4.78, 5) is 45.9. The number of nitro benzene ring substituents is 1. The van der Waals surface area contributed by atoms with E-state index in [1.807, 2.05) is 29.7 Å². The van der Waals surface area contributed by atoms with Gasteiger partial charge in [0.2, 0.25) is 0 Å². The van der Waals surface area contributed by atoms with Crippen LogP contribution in [0.2, 0.25) is 5.02 Å². The van der Waals surface area contributed by atoms with Gasteiger partial charge in [0.1, 0.15) is 17.5 Å². The molecule has 13 nitrogen and oxygen atoms in total. The minimum absolute atomic E-state index is 0.156. The van der Waals surface area contributed by atoms with Crippen molar-refractivity contribution >= 4 is 58.1 Å². The van der Waals surface area contributed by atoms with Gasteiger partial charge in [0.25, 0.3) is 17.2 Å². The molecule has 3 heterocycles. The van der Waals surface area contributed by atoms with Crippen LogP contribution in [0.15, 0.2) is 122 Å². The van der Waals surface area contributed by atoms with Gasteiger partial charge in [-0.2, -0.15) is 0 Å². The van der Waals surface area contributed by atoms with Crippen LogP contribution in [0, 0.1) is 10.1 Å². The Morgan fingerprint density at radius 3 is 2.55 bits per heavy atom. The first kappa shape index (κ1) is 37.3. The highest BCUT2D eigenvalue weighted by Crippen LogP contribution is 2.38. The molecule has 0 fully saturated rings. The largest absolute Gasteiger partial charge is 0.497 e. The number of carbonyl (C=O) groups is 1. The Hall–Kier alpha value is -6.03. The topological polar surface area (TPSA) is 156 Å². The van der Waals surface area contributed by atoms with E-state index in [1.54, 1.807) is 73.7 Å². The van der Waals surface area contributed by atoms with E-state index in [1.165, 1.54) is 42.7 Å². The van der Waals surface area contributed by atoms with Crippen LogP contribution in [0.5, 0.6) is 11.5 Å². The highest BCUT2D eigenvalue weighted by atomic mass is 35.5. The number of thiazole rings is 1. The number of carbonyl (C=O) groups excluding carboxylic acids is 1. The van der Waals surface area contributed by atoms with Crippen molar-refractivity contribution in [3.63, 3.8) is 0 Å². The van der Waals surface area contributed by atoms with Gasteiger partial charge in [-0.15, -0.1) is 10.2 Å². The van der Waals surface area contributed by atoms with Crippen molar-refractivity contribution < 1.29 is 19.2 Å². The molecule has 0 saturated carbocycles. The molecule has 1 amide bonds. The van der Waals surface area contributed by atoms with Crippen LogP contribution in [0.3, 0.4) is 0 Å². The quantitative estimate of drug-likeness (QED) is 0.109. The fourth-order valence-electron chi connectivity index (χ4n) is 6.26. The molecule has 0 radical (unpaired) electrons. The molecular formula is C39H32ClN7O6S2. The summed E-state index contributed by atoms with van der Waals surface area (Å²) in [7, 11) is 3.03. The van der Waals surface area contributed by atoms with Gasteiger partial charge in [0.15, 0.2) is 15.8 Å². The van der Waals surface area contributed by atoms with Crippen LogP contribution in [-0.4, -0.2) is 44.4 Å². The molecule has 1 atom stereocenters. The zero-order valence-corrected chi connectivity index (χ0v) is 32.2. The van der Waals surface area contributed by atoms with Gasteiger partial charge in [-0.05, 0) is 79.7 Å². The van der Waals surface area contributed by atoms with Gasteiger partial charge in [-0.25, -0.2) is 4.99 Å². The van der Waals surface area contributed by atoms with Gasteiger partial charge in [0.05, 0.1) is 34.9 Å². The van der Waals surface area contributed by atoms with E-state index in [0.717, 1.165) is 16.9 Å². The molecule has 4 aromatic carbocycles. The van der Waals surface area contributed by atoms with Gasteiger partial charge in [-0.3, -0.25) is 24.3 Å². The summed E-state index contributed by atoms with van der Waals surface area (Å²) in [6.07, 6.45) is 1.61. The molecule has 1 N–H and O–H groups in total. The SMILES string of the molecule is CCn1c(Sc2ccc([N+](=O)[O-])cc2/C=c2/sc3n(c2=O)[C@H](c2ccc(OC)cc2OC)C(C(=O)Nc2ccccc2)=C(C)N=3)nnc1-c1cccc(Cl)c1. The molecule has 7 rings (SSSR count). The van der Waals surface area contributed by atoms with Gasteiger partial charge in [0, 0.05) is 51.5 Å². The number of nitrogens with zero attached hydrogens (tertiary/aromatic N) is 6. The summed E-state index contributed by atoms with van der Waals surface area (Å²) < 4.78 is 14.8. The number of hydrogen-bond donors (Lipinski definition) is 1. The third-order valence-corrected chi connectivity index (χ3v) is 11.1. The van der Waals surface area contributed by atoms with Crippen LogP contribution in [0.25, 0.3) is 17.5 Å². The minimum Gasteiger partial charge on any atom is -0.497 e. The van der Waals surface area contributed by atoms with Crippen molar-refractivity contribution in [3.8, 4) is 22.9 Å². The predicted molar refractivity (Wildman–Crippen MR) is 212 cm³/mol. The third kappa shape index (κ3) is 7.41. The Bertz CT molecular complexity index is 2690. The summed E-state index contributed by atoms with van der Waals surface area (Å²) in [6.45, 7) is 4.22. The standard InChI is InChI=1S/C39H32ClN7O6S2/c1-5-45-35(23-10-9-11-25(40)18-23)43-44-39(45)54-31-17-14-27(47(50)51)19-24(31)20-32-37(49)46-34(29-16-15-28(52-3)21-30(29)53-4)33(22(2)41-38(46)55-32)36(48)42-26-12-7-6-8-13-26/h6-21,34H,5H2,1-4H3,(H,42,48)/b32-20+/t34-/m1/s1. The Labute approximate surface area is 327 Å². The lowest BCUT2D eigenvalue weighted by Gasteiger charge is -2.26. The van der Waals surface area contributed by atoms with Crippen molar-refractivity contribution in [1.82, 2.24) is 19.3 Å². The molecule has 2 aromatic heterocycles. The lowest BCUT2D eigenvalue weighted by atomic mass is 9.94. The molecule has 0 saturated heterocycles. The number of nitro groups is 1. The van der Waals surface area contributed by atoms with Crippen molar-refractivity contribution in [2.45, 2.75) is 36.5 Å². The fraction of sp³-hybridized carbons (Fsp3) is 0.154. The van der Waals surface area contributed by atoms with E-state index in [-0.39, 0.29) is 15.8 Å². The number of hydrogen-bond acceptors (Lipinski definition) is 11. The van der Waals surface area contributed by atoms with Crippen molar-refractivity contribution in [2.24, 2.45) is 4.99 Å². The number of rotatable bonds is 11. The number of allylic oxidation sites excluding steroid dienone is 1. The first-order valence-electron chi connectivity index (χ1n) is 16.9. The highest BCUT2D eigenvalue weighted by Gasteiger charge is 2.34. The molecular weight excluding hydrogens is 762 g/mol. The molecule has 55 heavy (non-hydrogen) atoms. The number of fused-ring (bicyclic) bond motifs is 1. The monoisotopic (exact) mass is 793 g/mol. The van der Waals surface area contributed by atoms with Crippen LogP contribution < -0.4 is 29.7 Å². The number of methoxy groups -OCH3 is 2. The van der Waals surface area contributed by atoms with E-state index in [9.17, 15) is 19.7 Å². The molecule has 0 aliphatic carbocycles. The number of aromatic nitrogens is 4. The zero-order chi connectivity index (χ0) is 38.8. The molecule has 1 aliphatic heterocycles. The van der Waals surface area contributed by atoms with Crippen LogP contribution in [0.4, 0.5) is 11.4 Å². The number of anilines is 1. The second-order valence-corrected chi connectivity index (χ2v) is 14.6. The lowest BCUT2D eigenvalue weighted by molar-refractivity contribution is -0.384. The zero-order valence-electron chi connectivity index (χ0n) is 29.8. The number of para-hydroxylation sites is 1. The summed E-state index contributed by atoms with van der Waals surface area (Å²) in [5.74, 6) is 1.09. The number of halogens is 1. The number of non-ortho nitro benzene ring substituents is 1. The summed E-state index contributed by atoms with van der Waals surface area (Å²) in [5.41, 5.74) is 2.34. The number of benzene rings is 4. The Kier molecular flexibility index (Phi) is 10.7. The number of nitrogens with one attached hydrogen (secondary N) is 1. The van der Waals surface area contributed by atoms with Crippen LogP contribution in [0.1, 0.15) is 31.0 Å². The van der Waals surface area contributed by atoms with E-state index < -0.39 is 22.4 Å². The lowest BCUT2D eigenvalue weighted by Crippen LogP contribution is -2.40. The maximum absolute atomic E-state index is 14.6. The van der Waals surface area contributed by atoms with E-state index in [0.29, 0.717) is 66.3 Å². The smallest absolute Gasteiger partial charge is 0.271 e. The maximum Gasteiger partial charge on any atom is 0.271 e. The summed E-state index contributed by atoms with van der Waals surface area (Å²) in [5, 5.41) is 24.9. The molecule has 16 heteroatoms.